The summed E-state index contributed by atoms with van der Waals surface area (Å²) < 4.78 is 5.25. The molecule has 0 unspecified atom stereocenters. The van der Waals surface area contributed by atoms with Crippen LogP contribution < -0.4 is 0 Å². The van der Waals surface area contributed by atoms with Gasteiger partial charge in [-0.05, 0) is 46.4 Å². The number of hydrogen-bond acceptors (Lipinski definition) is 5. The van der Waals surface area contributed by atoms with Crippen LogP contribution in [0.5, 0.6) is 0 Å². The second kappa shape index (κ2) is 7.56. The number of likely N-dealkylation sites (tertiary alicyclic amines) is 1. The average molecular weight is 297 g/mol. The number of rotatable bonds is 5. The Bertz CT molecular complexity index is 332. The molecule has 0 bridgehead atoms. The highest BCUT2D eigenvalue weighted by atomic mass is 16.5. The summed E-state index contributed by atoms with van der Waals surface area (Å²) in [5.74, 6) is -0.0265. The lowest BCUT2D eigenvalue weighted by molar-refractivity contribution is -0.148. The second-order valence-corrected chi connectivity index (χ2v) is 6.43. The maximum absolute atomic E-state index is 12.1. The number of ether oxygens (including phenoxy) is 1. The van der Waals surface area contributed by atoms with Gasteiger partial charge in [0.1, 0.15) is 0 Å². The molecule has 5 nitrogen and oxygen atoms in total. The minimum absolute atomic E-state index is 0.0265. The number of likely N-dealkylation sites (N-methyl/N-ethyl adjacent to an activating group) is 1. The smallest absolute Gasteiger partial charge is 0.307 e. The summed E-state index contributed by atoms with van der Waals surface area (Å²) in [4.78, 5) is 19.5. The number of carbonyl (C=O) groups excluding carboxylic acids is 1. The molecule has 2 aliphatic heterocycles. The molecule has 5 heteroatoms. The van der Waals surface area contributed by atoms with Gasteiger partial charge in [-0.15, -0.1) is 0 Å². The van der Waals surface area contributed by atoms with E-state index in [1.165, 1.54) is 0 Å². The highest BCUT2D eigenvalue weighted by molar-refractivity contribution is 5.71. The van der Waals surface area contributed by atoms with Crippen molar-refractivity contribution >= 4 is 5.97 Å². The van der Waals surface area contributed by atoms with Crippen LogP contribution in [0.25, 0.3) is 0 Å². The van der Waals surface area contributed by atoms with Crippen molar-refractivity contribution in [3.8, 4) is 0 Å². The Kier molecular flexibility index (Phi) is 6.02. The number of piperazine rings is 1. The quantitative estimate of drug-likeness (QED) is 0.709. The predicted octanol–water partition coefficient (Wildman–Crippen LogP) is 1.04. The third-order valence-electron chi connectivity index (χ3n) is 5.19. The van der Waals surface area contributed by atoms with E-state index in [0.717, 1.165) is 58.7 Å². The van der Waals surface area contributed by atoms with E-state index in [9.17, 15) is 4.79 Å². The van der Waals surface area contributed by atoms with Gasteiger partial charge in [0.05, 0.1) is 13.0 Å². The predicted molar refractivity (Wildman–Crippen MR) is 84.4 cm³/mol. The highest BCUT2D eigenvalue weighted by Crippen LogP contribution is 2.33. The van der Waals surface area contributed by atoms with Crippen LogP contribution >= 0.6 is 0 Å². The van der Waals surface area contributed by atoms with E-state index in [4.69, 9.17) is 4.74 Å². The summed E-state index contributed by atoms with van der Waals surface area (Å²) in [5.41, 5.74) is 0.0270. The van der Waals surface area contributed by atoms with Gasteiger partial charge in [-0.1, -0.05) is 6.92 Å². The molecule has 0 aliphatic carbocycles. The van der Waals surface area contributed by atoms with Crippen LogP contribution in [-0.4, -0.2) is 85.7 Å². The number of esters is 1. The van der Waals surface area contributed by atoms with Crippen molar-refractivity contribution in [1.82, 2.24) is 14.7 Å². The van der Waals surface area contributed by atoms with Crippen molar-refractivity contribution in [2.45, 2.75) is 38.6 Å². The lowest BCUT2D eigenvalue weighted by Crippen LogP contribution is -2.61. The molecular weight excluding hydrogens is 266 g/mol. The molecule has 0 saturated carbocycles. The Morgan fingerprint density at radius 1 is 1.05 bits per heavy atom. The molecule has 2 heterocycles. The molecule has 2 fully saturated rings. The zero-order valence-electron chi connectivity index (χ0n) is 13.9. The molecule has 0 amide bonds. The van der Waals surface area contributed by atoms with Gasteiger partial charge in [-0.25, -0.2) is 0 Å². The van der Waals surface area contributed by atoms with Crippen LogP contribution in [0.2, 0.25) is 0 Å². The summed E-state index contributed by atoms with van der Waals surface area (Å²) in [5, 5.41) is 0. The summed E-state index contributed by atoms with van der Waals surface area (Å²) in [6.45, 7) is 12.2. The third kappa shape index (κ3) is 4.18. The van der Waals surface area contributed by atoms with E-state index in [-0.39, 0.29) is 11.5 Å². The van der Waals surface area contributed by atoms with Crippen LogP contribution in [-0.2, 0) is 9.53 Å². The normalized spacial score (nSPS) is 24.9. The van der Waals surface area contributed by atoms with E-state index in [0.29, 0.717) is 13.0 Å². The molecule has 0 N–H and O–H groups in total. The van der Waals surface area contributed by atoms with E-state index in [2.05, 4.69) is 28.7 Å². The van der Waals surface area contributed by atoms with Gasteiger partial charge in [-0.2, -0.15) is 0 Å². The first-order valence-corrected chi connectivity index (χ1v) is 8.41. The van der Waals surface area contributed by atoms with Gasteiger partial charge in [0.25, 0.3) is 0 Å². The topological polar surface area (TPSA) is 36.0 Å². The van der Waals surface area contributed by atoms with Crippen molar-refractivity contribution in [2.75, 3.05) is 59.5 Å². The van der Waals surface area contributed by atoms with Crippen LogP contribution in [0.4, 0.5) is 0 Å². The van der Waals surface area contributed by atoms with Gasteiger partial charge >= 0.3 is 5.97 Å². The molecule has 0 aromatic heterocycles. The summed E-state index contributed by atoms with van der Waals surface area (Å²) in [7, 11) is 2.18. The van der Waals surface area contributed by atoms with Crippen LogP contribution in [0.15, 0.2) is 0 Å². The Morgan fingerprint density at radius 3 is 2.19 bits per heavy atom. The lowest BCUT2D eigenvalue weighted by atomic mass is 9.82. The Balaban J connectivity index is 2.05. The van der Waals surface area contributed by atoms with Crippen molar-refractivity contribution in [2.24, 2.45) is 0 Å². The standard InChI is InChI=1S/C16H31N3O2/c1-4-18-8-6-16(7-9-18,14-15(20)21-5-2)19-12-10-17(3)11-13-19/h4-14H2,1-3H3. The zero-order chi connectivity index (χ0) is 15.3. The maximum atomic E-state index is 12.1. The fourth-order valence-corrected chi connectivity index (χ4v) is 3.65. The maximum Gasteiger partial charge on any atom is 0.307 e. The summed E-state index contributed by atoms with van der Waals surface area (Å²) >= 11 is 0. The molecule has 122 valence electrons. The fourth-order valence-electron chi connectivity index (χ4n) is 3.65. The molecule has 0 radical (unpaired) electrons. The average Bonchev–Trinajstić information content (AvgIpc) is 2.49. The molecule has 0 aromatic rings. The Morgan fingerprint density at radius 2 is 1.67 bits per heavy atom. The lowest BCUT2D eigenvalue weighted by Gasteiger charge is -2.50. The Hall–Kier alpha value is -0.650. The minimum Gasteiger partial charge on any atom is -0.466 e. The van der Waals surface area contributed by atoms with Gasteiger partial charge in [-0.3, -0.25) is 9.69 Å². The van der Waals surface area contributed by atoms with Crippen molar-refractivity contribution in [1.29, 1.82) is 0 Å². The molecule has 0 aromatic carbocycles. The van der Waals surface area contributed by atoms with Crippen molar-refractivity contribution < 1.29 is 9.53 Å². The van der Waals surface area contributed by atoms with E-state index in [1.54, 1.807) is 0 Å². The zero-order valence-corrected chi connectivity index (χ0v) is 13.9. The highest BCUT2D eigenvalue weighted by Gasteiger charge is 2.42. The first kappa shape index (κ1) is 16.7. The molecule has 0 spiro atoms. The van der Waals surface area contributed by atoms with Crippen molar-refractivity contribution in [3.63, 3.8) is 0 Å². The molecular formula is C16H31N3O2. The van der Waals surface area contributed by atoms with Gasteiger partial charge in [0, 0.05) is 31.7 Å². The molecule has 21 heavy (non-hydrogen) atoms. The monoisotopic (exact) mass is 297 g/mol. The molecule has 0 atom stereocenters. The number of hydrogen-bond donors (Lipinski definition) is 0. The largest absolute Gasteiger partial charge is 0.466 e. The van der Waals surface area contributed by atoms with Crippen molar-refractivity contribution in [3.05, 3.63) is 0 Å². The minimum atomic E-state index is -0.0265. The van der Waals surface area contributed by atoms with Gasteiger partial charge in [0.2, 0.25) is 0 Å². The summed E-state index contributed by atoms with van der Waals surface area (Å²) in [6, 6.07) is 0. The van der Waals surface area contributed by atoms with Crippen LogP contribution in [0.1, 0.15) is 33.1 Å². The first-order valence-electron chi connectivity index (χ1n) is 8.41. The second-order valence-electron chi connectivity index (χ2n) is 6.43. The Labute approximate surface area is 129 Å². The fraction of sp³-hybridized carbons (Fsp3) is 0.938. The number of nitrogens with zero attached hydrogens (tertiary/aromatic N) is 3. The van der Waals surface area contributed by atoms with Gasteiger partial charge < -0.3 is 14.5 Å². The third-order valence-corrected chi connectivity index (χ3v) is 5.19. The molecule has 2 saturated heterocycles. The number of piperidine rings is 1. The van der Waals surface area contributed by atoms with E-state index in [1.807, 2.05) is 6.92 Å². The summed E-state index contributed by atoms with van der Waals surface area (Å²) in [6.07, 6.45) is 2.73. The van der Waals surface area contributed by atoms with E-state index < -0.39 is 0 Å². The van der Waals surface area contributed by atoms with Crippen LogP contribution in [0.3, 0.4) is 0 Å². The number of carbonyl (C=O) groups is 1. The van der Waals surface area contributed by atoms with Crippen LogP contribution in [0, 0.1) is 0 Å². The SMILES string of the molecule is CCOC(=O)CC1(N2CCN(C)CC2)CCN(CC)CC1. The van der Waals surface area contributed by atoms with Gasteiger partial charge in [0.15, 0.2) is 0 Å². The first-order chi connectivity index (χ1) is 10.1. The van der Waals surface area contributed by atoms with E-state index >= 15 is 0 Å². The molecule has 2 aliphatic rings. The molecule has 2 rings (SSSR count).